The van der Waals surface area contributed by atoms with Gasteiger partial charge in [-0.05, 0) is 112 Å². The maximum absolute atomic E-state index is 13.4. The van der Waals surface area contributed by atoms with Crippen molar-refractivity contribution in [3.63, 3.8) is 0 Å². The van der Waals surface area contributed by atoms with Crippen LogP contribution in [0.15, 0.2) is 97.1 Å². The Kier molecular flexibility index (Phi) is 15.5. The molecule has 0 amide bonds. The van der Waals surface area contributed by atoms with Crippen LogP contribution in [0.5, 0.6) is 23.0 Å². The van der Waals surface area contributed by atoms with Crippen molar-refractivity contribution in [2.75, 3.05) is 24.8 Å². The summed E-state index contributed by atoms with van der Waals surface area (Å²) in [5.41, 5.74) is 1.30. The molecule has 0 radical (unpaired) electrons. The van der Waals surface area contributed by atoms with Gasteiger partial charge in [-0.15, -0.1) is 6.58 Å². The van der Waals surface area contributed by atoms with E-state index in [1.165, 1.54) is 11.3 Å². The normalized spacial score (nSPS) is 15.2. The number of anilines is 1. The average Bonchev–Trinajstić information content (AvgIpc) is 3.64. The molecule has 1 fully saturated rings. The summed E-state index contributed by atoms with van der Waals surface area (Å²) in [6, 6.07) is 19.4. The van der Waals surface area contributed by atoms with Crippen molar-refractivity contribution < 1.29 is 42.9 Å². The number of esters is 3. The quantitative estimate of drug-likeness (QED) is 0.0118. The van der Waals surface area contributed by atoms with E-state index in [1.54, 1.807) is 59.8 Å². The summed E-state index contributed by atoms with van der Waals surface area (Å²) in [5.74, 6) is -0.265. The summed E-state index contributed by atoms with van der Waals surface area (Å²) in [7, 11) is 0. The van der Waals surface area contributed by atoms with Crippen molar-refractivity contribution in [2.45, 2.75) is 57.8 Å². The zero-order valence-electron chi connectivity index (χ0n) is 30.6. The van der Waals surface area contributed by atoms with Crippen LogP contribution in [0, 0.1) is 11.8 Å². The number of rotatable bonds is 21. The third-order valence-electron chi connectivity index (χ3n) is 8.92. The topological polar surface area (TPSA) is 143 Å². The molecular weight excluding hydrogens is 723 g/mol. The number of para-hydroxylation sites is 1. The van der Waals surface area contributed by atoms with Crippen LogP contribution in [-0.4, -0.2) is 55.3 Å². The van der Waals surface area contributed by atoms with Crippen LogP contribution < -0.4 is 24.0 Å². The summed E-state index contributed by atoms with van der Waals surface area (Å²) in [4.78, 5) is 53.2. The van der Waals surface area contributed by atoms with E-state index in [1.807, 2.05) is 24.3 Å². The standard InChI is InChI=1S/C42H45N3O9S/c1-3-5-24-45(42-44-36-12-8-9-13-38(36)55-42)43-28-32-27-35(52-29-46)22-23-37(32)54-41(49)31-16-14-30(15-17-31)40(48)53-34-20-18-33(19-21-34)50-25-10-6-7-11-26-51-39(47)4-2/h3-4,8-9,12-13,18-23,27-31H,1-2,5-7,10-11,14-17,24-26H2/b43-28+. The Bertz CT molecular complexity index is 1920. The number of ether oxygens (including phenoxy) is 5. The molecule has 1 aliphatic carbocycles. The lowest BCUT2D eigenvalue weighted by molar-refractivity contribution is -0.145. The first kappa shape index (κ1) is 40.4. The van der Waals surface area contributed by atoms with Gasteiger partial charge in [-0.25, -0.2) is 14.8 Å². The molecule has 55 heavy (non-hydrogen) atoms. The Balaban J connectivity index is 1.10. The predicted molar refractivity (Wildman–Crippen MR) is 211 cm³/mol. The first-order valence-corrected chi connectivity index (χ1v) is 19.2. The molecule has 1 aromatic heterocycles. The summed E-state index contributed by atoms with van der Waals surface area (Å²) < 4.78 is 28.4. The number of benzene rings is 3. The Morgan fingerprint density at radius 3 is 2.20 bits per heavy atom. The smallest absolute Gasteiger partial charge is 0.330 e. The first-order chi connectivity index (χ1) is 26.9. The molecule has 5 rings (SSSR count). The summed E-state index contributed by atoms with van der Waals surface area (Å²) in [6.45, 7) is 8.98. The second-order valence-electron chi connectivity index (χ2n) is 12.8. The van der Waals surface area contributed by atoms with Crippen LogP contribution in [0.3, 0.4) is 0 Å². The summed E-state index contributed by atoms with van der Waals surface area (Å²) in [6.07, 6.45) is 10.6. The minimum atomic E-state index is -0.412. The number of nitrogens with zero attached hydrogens (tertiary/aromatic N) is 3. The fraction of sp³-hybridized carbons (Fsp3) is 0.333. The van der Waals surface area contributed by atoms with E-state index in [2.05, 4.69) is 18.3 Å². The molecule has 0 saturated heterocycles. The van der Waals surface area contributed by atoms with E-state index in [0.29, 0.717) is 80.5 Å². The largest absolute Gasteiger partial charge is 0.494 e. The van der Waals surface area contributed by atoms with Crippen LogP contribution in [0.4, 0.5) is 5.13 Å². The van der Waals surface area contributed by atoms with Crippen molar-refractivity contribution >= 4 is 57.3 Å². The first-order valence-electron chi connectivity index (χ1n) is 18.3. The summed E-state index contributed by atoms with van der Waals surface area (Å²) in [5, 5.41) is 7.14. The minimum Gasteiger partial charge on any atom is -0.494 e. The molecule has 4 aromatic rings. The monoisotopic (exact) mass is 767 g/mol. The van der Waals surface area contributed by atoms with Crippen molar-refractivity contribution in [1.82, 2.24) is 4.98 Å². The molecule has 1 saturated carbocycles. The van der Waals surface area contributed by atoms with Gasteiger partial charge in [0.05, 0.1) is 41.5 Å². The highest BCUT2D eigenvalue weighted by molar-refractivity contribution is 7.22. The number of thiazole rings is 1. The van der Waals surface area contributed by atoms with E-state index in [-0.39, 0.29) is 23.4 Å². The predicted octanol–water partition coefficient (Wildman–Crippen LogP) is 8.23. The van der Waals surface area contributed by atoms with E-state index in [9.17, 15) is 19.2 Å². The van der Waals surface area contributed by atoms with Gasteiger partial charge in [-0.3, -0.25) is 14.4 Å². The fourth-order valence-corrected chi connectivity index (χ4v) is 6.86. The number of carbonyl (C=O) groups excluding carboxylic acids is 4. The lowest BCUT2D eigenvalue weighted by Crippen LogP contribution is -2.30. The van der Waals surface area contributed by atoms with Gasteiger partial charge in [0.1, 0.15) is 23.0 Å². The second-order valence-corrected chi connectivity index (χ2v) is 13.8. The van der Waals surface area contributed by atoms with Crippen molar-refractivity contribution in [2.24, 2.45) is 16.9 Å². The molecular formula is C42H45N3O9S. The molecule has 0 aliphatic heterocycles. The van der Waals surface area contributed by atoms with Crippen LogP contribution >= 0.6 is 11.3 Å². The lowest BCUT2D eigenvalue weighted by atomic mass is 9.82. The highest BCUT2D eigenvalue weighted by Crippen LogP contribution is 2.33. The van der Waals surface area contributed by atoms with Gasteiger partial charge in [0.25, 0.3) is 6.47 Å². The maximum atomic E-state index is 13.4. The molecule has 1 aliphatic rings. The Morgan fingerprint density at radius 1 is 0.836 bits per heavy atom. The molecule has 288 valence electrons. The Labute approximate surface area is 324 Å². The number of carbonyl (C=O) groups is 4. The Hall–Kier alpha value is -5.82. The molecule has 3 aromatic carbocycles. The second kappa shape index (κ2) is 21.2. The molecule has 12 nitrogen and oxygen atoms in total. The van der Waals surface area contributed by atoms with Gasteiger partial charge in [0, 0.05) is 18.2 Å². The van der Waals surface area contributed by atoms with Crippen LogP contribution in [-0.2, 0) is 23.9 Å². The van der Waals surface area contributed by atoms with Crippen LogP contribution in [0.2, 0.25) is 0 Å². The zero-order valence-corrected chi connectivity index (χ0v) is 31.5. The van der Waals surface area contributed by atoms with Gasteiger partial charge < -0.3 is 23.7 Å². The van der Waals surface area contributed by atoms with Gasteiger partial charge in [0.2, 0.25) is 5.13 Å². The van der Waals surface area contributed by atoms with Crippen molar-refractivity contribution in [3.8, 4) is 23.0 Å². The van der Waals surface area contributed by atoms with Gasteiger partial charge in [-0.2, -0.15) is 5.10 Å². The molecule has 13 heteroatoms. The number of hydrazone groups is 1. The zero-order chi connectivity index (χ0) is 38.8. The van der Waals surface area contributed by atoms with E-state index in [0.717, 1.165) is 42.0 Å². The highest BCUT2D eigenvalue weighted by Gasteiger charge is 2.32. The third kappa shape index (κ3) is 12.4. The number of hydrogen-bond donors (Lipinski definition) is 0. The van der Waals surface area contributed by atoms with Gasteiger partial charge >= 0.3 is 17.9 Å². The average molecular weight is 768 g/mol. The van der Waals surface area contributed by atoms with Gasteiger partial charge in [0.15, 0.2) is 0 Å². The van der Waals surface area contributed by atoms with E-state index >= 15 is 0 Å². The van der Waals surface area contributed by atoms with Gasteiger partial charge in [-0.1, -0.05) is 36.1 Å². The number of aromatic nitrogens is 1. The SMILES string of the molecule is C=CCCN(/N=C/c1cc(OC=O)ccc1OC(=O)C1CCC(C(=O)Oc2ccc(OCCCCCCOC(=O)C=C)cc2)CC1)c1nc2ccccc2s1. The number of fused-ring (bicyclic) bond motifs is 1. The lowest BCUT2D eigenvalue weighted by Gasteiger charge is -2.26. The van der Waals surface area contributed by atoms with Crippen LogP contribution in [0.25, 0.3) is 10.2 Å². The third-order valence-corrected chi connectivity index (χ3v) is 9.96. The Morgan fingerprint density at radius 2 is 1.51 bits per heavy atom. The van der Waals surface area contributed by atoms with E-state index in [4.69, 9.17) is 28.7 Å². The van der Waals surface area contributed by atoms with Crippen molar-refractivity contribution in [3.05, 3.63) is 97.6 Å². The molecule has 0 N–H and O–H groups in total. The molecule has 0 atom stereocenters. The number of hydrogen-bond acceptors (Lipinski definition) is 13. The maximum Gasteiger partial charge on any atom is 0.330 e. The minimum absolute atomic E-state index is 0.262. The fourth-order valence-electron chi connectivity index (χ4n) is 5.91. The summed E-state index contributed by atoms with van der Waals surface area (Å²) >= 11 is 1.51. The van der Waals surface area contributed by atoms with E-state index < -0.39 is 17.9 Å². The highest BCUT2D eigenvalue weighted by atomic mass is 32.1. The molecule has 1 heterocycles. The number of unbranched alkanes of at least 4 members (excludes halogenated alkanes) is 3. The van der Waals surface area contributed by atoms with Crippen molar-refractivity contribution in [1.29, 1.82) is 0 Å². The molecule has 0 bridgehead atoms. The van der Waals surface area contributed by atoms with Crippen LogP contribution in [0.1, 0.15) is 63.4 Å². The molecule has 0 spiro atoms. The molecule has 0 unspecified atom stereocenters.